The number of nitrogens with one attached hydrogen (secondary N) is 1. The summed E-state index contributed by atoms with van der Waals surface area (Å²) in [5, 5.41) is 10.0. The maximum atomic E-state index is 13.6. The highest BCUT2D eigenvalue weighted by molar-refractivity contribution is 8.18. The van der Waals surface area contributed by atoms with Crippen molar-refractivity contribution in [3.8, 4) is 17.0 Å². The monoisotopic (exact) mass is 410 g/mol. The van der Waals surface area contributed by atoms with Crippen molar-refractivity contribution >= 4 is 29.0 Å². The van der Waals surface area contributed by atoms with Gasteiger partial charge in [0.05, 0.1) is 24.8 Å². The molecule has 4 rings (SSSR count). The third kappa shape index (κ3) is 3.90. The Bertz CT molecular complexity index is 1110. The van der Waals surface area contributed by atoms with E-state index in [0.717, 1.165) is 22.9 Å². The number of imide groups is 1. The number of ether oxygens (including phenoxy) is 1. The summed E-state index contributed by atoms with van der Waals surface area (Å²) in [5.74, 6) is -0.817. The number of halogens is 1. The number of amides is 2. The first-order valence-electron chi connectivity index (χ1n) is 8.59. The molecule has 1 fully saturated rings. The number of carbonyl (C=O) groups excluding carboxylic acids is 2. The fourth-order valence-corrected chi connectivity index (χ4v) is 3.74. The highest BCUT2D eigenvalue weighted by atomic mass is 32.2. The van der Waals surface area contributed by atoms with E-state index in [-0.39, 0.29) is 22.4 Å². The summed E-state index contributed by atoms with van der Waals surface area (Å²) in [7, 11) is 1.36. The molecule has 0 saturated carbocycles. The summed E-state index contributed by atoms with van der Waals surface area (Å²) in [6.45, 7) is 0.139. The summed E-state index contributed by atoms with van der Waals surface area (Å²) >= 11 is 0.852. The van der Waals surface area contributed by atoms with Crippen molar-refractivity contribution in [3.05, 3.63) is 70.5 Å². The van der Waals surface area contributed by atoms with Crippen LogP contribution in [0, 0.1) is 5.82 Å². The van der Waals surface area contributed by atoms with Crippen molar-refractivity contribution in [3.63, 3.8) is 0 Å². The van der Waals surface area contributed by atoms with Crippen LogP contribution in [0.3, 0.4) is 0 Å². The molecule has 1 saturated heterocycles. The lowest BCUT2D eigenvalue weighted by Crippen LogP contribution is -2.27. The Kier molecular flexibility index (Phi) is 5.13. The molecule has 1 aliphatic rings. The van der Waals surface area contributed by atoms with Gasteiger partial charge in [0.25, 0.3) is 11.1 Å². The molecule has 29 heavy (non-hydrogen) atoms. The Labute approximate surface area is 169 Å². The van der Waals surface area contributed by atoms with Gasteiger partial charge in [-0.05, 0) is 47.2 Å². The second kappa shape index (κ2) is 7.88. The maximum absolute atomic E-state index is 13.6. The van der Waals surface area contributed by atoms with Crippen LogP contribution < -0.4 is 4.74 Å². The van der Waals surface area contributed by atoms with Gasteiger partial charge in [-0.15, -0.1) is 0 Å². The van der Waals surface area contributed by atoms with Crippen molar-refractivity contribution in [1.29, 1.82) is 0 Å². The maximum Gasteiger partial charge on any atom is 0.293 e. The fraction of sp³-hybridized carbons (Fsp3) is 0.100. The summed E-state index contributed by atoms with van der Waals surface area (Å²) in [5.41, 5.74) is 2.86. The van der Waals surface area contributed by atoms with E-state index in [1.54, 1.807) is 12.3 Å². The summed E-state index contributed by atoms with van der Waals surface area (Å²) < 4.78 is 18.5. The molecule has 0 bridgehead atoms. The number of aromatic nitrogens is 3. The fourth-order valence-electron chi connectivity index (χ4n) is 2.91. The minimum Gasteiger partial charge on any atom is -0.494 e. The van der Waals surface area contributed by atoms with E-state index < -0.39 is 11.7 Å². The van der Waals surface area contributed by atoms with E-state index >= 15 is 0 Å². The molecule has 0 radical (unpaired) electrons. The summed E-state index contributed by atoms with van der Waals surface area (Å²) in [6, 6.07) is 11.6. The topological polar surface area (TPSA) is 88.2 Å². The van der Waals surface area contributed by atoms with E-state index in [1.165, 1.54) is 30.2 Å². The van der Waals surface area contributed by atoms with Crippen LogP contribution >= 0.6 is 11.8 Å². The van der Waals surface area contributed by atoms with Crippen LogP contribution in [0.5, 0.6) is 5.75 Å². The van der Waals surface area contributed by atoms with Gasteiger partial charge in [-0.1, -0.05) is 24.3 Å². The summed E-state index contributed by atoms with van der Waals surface area (Å²) in [6.07, 6.45) is 3.15. The van der Waals surface area contributed by atoms with Crippen molar-refractivity contribution < 1.29 is 18.7 Å². The first kappa shape index (κ1) is 18.9. The molecule has 1 aromatic heterocycles. The molecule has 0 spiro atoms. The van der Waals surface area contributed by atoms with Crippen LogP contribution in [0.4, 0.5) is 9.18 Å². The van der Waals surface area contributed by atoms with Gasteiger partial charge in [0.1, 0.15) is 5.69 Å². The first-order valence-corrected chi connectivity index (χ1v) is 9.41. The highest BCUT2D eigenvalue weighted by Gasteiger charge is 2.35. The molecule has 0 atom stereocenters. The van der Waals surface area contributed by atoms with E-state index in [9.17, 15) is 14.0 Å². The molecule has 2 amide bonds. The highest BCUT2D eigenvalue weighted by Crippen LogP contribution is 2.34. The number of hydrogen-bond acceptors (Lipinski definition) is 6. The van der Waals surface area contributed by atoms with Crippen LogP contribution in [0.2, 0.25) is 0 Å². The molecule has 0 aliphatic carbocycles. The number of benzene rings is 2. The molecular weight excluding hydrogens is 395 g/mol. The average Bonchev–Trinajstić information content (AvgIpc) is 3.35. The zero-order valence-electron chi connectivity index (χ0n) is 15.3. The number of hydrogen-bond donors (Lipinski definition) is 1. The van der Waals surface area contributed by atoms with Gasteiger partial charge in [0, 0.05) is 5.56 Å². The quantitative estimate of drug-likeness (QED) is 0.643. The zero-order chi connectivity index (χ0) is 20.4. The molecular formula is C20H15FN4O3S. The van der Waals surface area contributed by atoms with E-state index in [4.69, 9.17) is 4.74 Å². The Balaban J connectivity index is 1.55. The molecule has 1 aliphatic heterocycles. The normalized spacial score (nSPS) is 15.4. The van der Waals surface area contributed by atoms with Gasteiger partial charge in [-0.3, -0.25) is 14.5 Å². The molecule has 7 nitrogen and oxygen atoms in total. The molecule has 146 valence electrons. The van der Waals surface area contributed by atoms with Crippen LogP contribution in [0.15, 0.2) is 53.6 Å². The number of carbonyl (C=O) groups is 2. The molecule has 0 unspecified atom stereocenters. The van der Waals surface area contributed by atoms with E-state index in [2.05, 4.69) is 15.4 Å². The Hall–Kier alpha value is -3.46. The van der Waals surface area contributed by atoms with Gasteiger partial charge >= 0.3 is 0 Å². The lowest BCUT2D eigenvalue weighted by molar-refractivity contribution is -0.123. The second-order valence-corrected chi connectivity index (χ2v) is 7.21. The van der Waals surface area contributed by atoms with Crippen LogP contribution in [-0.2, 0) is 11.3 Å². The average molecular weight is 410 g/mol. The number of methoxy groups -OCH3 is 1. The lowest BCUT2D eigenvalue weighted by atomic mass is 10.1. The molecule has 9 heteroatoms. The third-order valence-electron chi connectivity index (χ3n) is 4.32. The Morgan fingerprint density at radius 2 is 2.10 bits per heavy atom. The molecule has 2 heterocycles. The van der Waals surface area contributed by atoms with Crippen molar-refractivity contribution in [2.45, 2.75) is 6.54 Å². The molecule has 1 N–H and O–H groups in total. The molecule has 2 aromatic carbocycles. The van der Waals surface area contributed by atoms with E-state index in [0.29, 0.717) is 11.3 Å². The van der Waals surface area contributed by atoms with Gasteiger partial charge in [-0.2, -0.15) is 15.4 Å². The first-order chi connectivity index (χ1) is 14.0. The van der Waals surface area contributed by atoms with Gasteiger partial charge in [0.2, 0.25) is 0 Å². The SMILES string of the molecule is COc1cc(/C=C2\SC(=O)N(Cc3cccc(-c4cn[nH]n4)c3)C2=O)ccc1F. The number of rotatable bonds is 5. The third-order valence-corrected chi connectivity index (χ3v) is 5.23. The minimum absolute atomic E-state index is 0.0719. The van der Waals surface area contributed by atoms with Gasteiger partial charge in [0.15, 0.2) is 11.6 Å². The number of H-pyrrole nitrogens is 1. The summed E-state index contributed by atoms with van der Waals surface area (Å²) in [4.78, 5) is 26.6. The van der Waals surface area contributed by atoms with Crippen molar-refractivity contribution in [2.75, 3.05) is 7.11 Å². The van der Waals surface area contributed by atoms with Crippen LogP contribution in [-0.4, -0.2) is 38.6 Å². The number of aromatic amines is 1. The second-order valence-electron chi connectivity index (χ2n) is 6.22. The van der Waals surface area contributed by atoms with Crippen LogP contribution in [0.25, 0.3) is 17.3 Å². The Morgan fingerprint density at radius 3 is 2.86 bits per heavy atom. The standard InChI is InChI=1S/C20H15FN4O3S/c1-28-17-8-12(5-6-15(17)21)9-18-19(26)25(20(27)29-18)11-13-3-2-4-14(7-13)16-10-22-24-23-16/h2-10H,11H2,1H3,(H,22,23,24)/b18-9-. The number of thioether (sulfide) groups is 1. The van der Waals surface area contributed by atoms with Crippen molar-refractivity contribution in [1.82, 2.24) is 20.3 Å². The van der Waals surface area contributed by atoms with Crippen molar-refractivity contribution in [2.24, 2.45) is 0 Å². The largest absolute Gasteiger partial charge is 0.494 e. The zero-order valence-corrected chi connectivity index (χ0v) is 16.1. The van der Waals surface area contributed by atoms with Gasteiger partial charge < -0.3 is 4.74 Å². The van der Waals surface area contributed by atoms with Crippen LogP contribution in [0.1, 0.15) is 11.1 Å². The lowest BCUT2D eigenvalue weighted by Gasteiger charge is -2.13. The van der Waals surface area contributed by atoms with Gasteiger partial charge in [-0.25, -0.2) is 4.39 Å². The number of nitrogens with zero attached hydrogens (tertiary/aromatic N) is 3. The Morgan fingerprint density at radius 1 is 1.24 bits per heavy atom. The predicted octanol–water partition coefficient (Wildman–Crippen LogP) is 3.86. The smallest absolute Gasteiger partial charge is 0.293 e. The predicted molar refractivity (Wildman–Crippen MR) is 106 cm³/mol. The minimum atomic E-state index is -0.496. The molecule has 3 aromatic rings. The van der Waals surface area contributed by atoms with E-state index in [1.807, 2.05) is 24.3 Å².